The Balaban J connectivity index is 2.59. The predicted octanol–water partition coefficient (Wildman–Crippen LogP) is 2.16. The van der Waals surface area contributed by atoms with Gasteiger partial charge in [-0.1, -0.05) is 25.5 Å². The molecule has 4 heteroatoms. The SMILES string of the molecule is CCCCNC(=O)C(=O)Nc1cccc(C)c1C. The number of nitrogens with one attached hydrogen (secondary N) is 2. The second kappa shape index (κ2) is 6.79. The molecule has 2 amide bonds. The molecule has 1 aromatic rings. The molecule has 0 aliphatic heterocycles. The summed E-state index contributed by atoms with van der Waals surface area (Å²) >= 11 is 0. The van der Waals surface area contributed by atoms with E-state index in [9.17, 15) is 9.59 Å². The van der Waals surface area contributed by atoms with Gasteiger partial charge >= 0.3 is 11.8 Å². The monoisotopic (exact) mass is 248 g/mol. The van der Waals surface area contributed by atoms with E-state index in [1.807, 2.05) is 32.9 Å². The van der Waals surface area contributed by atoms with Crippen LogP contribution in [-0.2, 0) is 9.59 Å². The van der Waals surface area contributed by atoms with Gasteiger partial charge in [0.2, 0.25) is 0 Å². The van der Waals surface area contributed by atoms with Gasteiger partial charge in [0.25, 0.3) is 0 Å². The summed E-state index contributed by atoms with van der Waals surface area (Å²) in [7, 11) is 0. The zero-order valence-corrected chi connectivity index (χ0v) is 11.2. The zero-order valence-electron chi connectivity index (χ0n) is 11.2. The van der Waals surface area contributed by atoms with E-state index in [4.69, 9.17) is 0 Å². The van der Waals surface area contributed by atoms with Crippen LogP contribution in [0.15, 0.2) is 18.2 Å². The van der Waals surface area contributed by atoms with E-state index >= 15 is 0 Å². The lowest BCUT2D eigenvalue weighted by Crippen LogP contribution is -2.36. The molecule has 4 nitrogen and oxygen atoms in total. The van der Waals surface area contributed by atoms with Crippen LogP contribution in [0, 0.1) is 13.8 Å². The number of carbonyl (C=O) groups is 2. The number of hydrogen-bond acceptors (Lipinski definition) is 2. The molecular formula is C14H20N2O2. The molecule has 0 saturated heterocycles. The summed E-state index contributed by atoms with van der Waals surface area (Å²) in [6, 6.07) is 5.61. The number of aryl methyl sites for hydroxylation is 1. The van der Waals surface area contributed by atoms with E-state index in [0.717, 1.165) is 24.0 Å². The van der Waals surface area contributed by atoms with Gasteiger partial charge in [0.15, 0.2) is 0 Å². The summed E-state index contributed by atoms with van der Waals surface area (Å²) in [6.45, 7) is 6.45. The maximum atomic E-state index is 11.6. The van der Waals surface area contributed by atoms with Crippen LogP contribution in [0.2, 0.25) is 0 Å². The minimum atomic E-state index is -0.611. The van der Waals surface area contributed by atoms with E-state index in [-0.39, 0.29) is 0 Å². The lowest BCUT2D eigenvalue weighted by Gasteiger charge is -2.10. The molecule has 0 unspecified atom stereocenters. The summed E-state index contributed by atoms with van der Waals surface area (Å²) in [5, 5.41) is 5.21. The number of rotatable bonds is 4. The number of amides is 2. The summed E-state index contributed by atoms with van der Waals surface area (Å²) in [5.74, 6) is -1.19. The third kappa shape index (κ3) is 3.87. The van der Waals surface area contributed by atoms with Crippen molar-refractivity contribution in [2.45, 2.75) is 33.6 Å². The van der Waals surface area contributed by atoms with Crippen LogP contribution in [0.25, 0.3) is 0 Å². The highest BCUT2D eigenvalue weighted by atomic mass is 16.2. The second-order valence-electron chi connectivity index (χ2n) is 4.31. The highest BCUT2D eigenvalue weighted by Gasteiger charge is 2.13. The molecule has 2 N–H and O–H groups in total. The lowest BCUT2D eigenvalue weighted by molar-refractivity contribution is -0.136. The zero-order chi connectivity index (χ0) is 13.5. The first-order valence-electron chi connectivity index (χ1n) is 6.21. The van der Waals surface area contributed by atoms with Gasteiger partial charge in [0.1, 0.15) is 0 Å². The molecule has 0 aliphatic rings. The van der Waals surface area contributed by atoms with Crippen molar-refractivity contribution in [3.05, 3.63) is 29.3 Å². The lowest BCUT2D eigenvalue weighted by atomic mass is 10.1. The van der Waals surface area contributed by atoms with Crippen molar-refractivity contribution in [1.82, 2.24) is 5.32 Å². The van der Waals surface area contributed by atoms with E-state index in [2.05, 4.69) is 10.6 Å². The van der Waals surface area contributed by atoms with Crippen LogP contribution in [-0.4, -0.2) is 18.4 Å². The summed E-state index contributed by atoms with van der Waals surface area (Å²) in [6.07, 6.45) is 1.86. The standard InChI is InChI=1S/C14H20N2O2/c1-4-5-9-15-13(17)14(18)16-12-8-6-7-10(2)11(12)3/h6-8H,4-5,9H2,1-3H3,(H,15,17)(H,16,18). The molecule has 0 radical (unpaired) electrons. The average molecular weight is 248 g/mol. The summed E-state index contributed by atoms with van der Waals surface area (Å²) in [5.41, 5.74) is 2.75. The first-order valence-corrected chi connectivity index (χ1v) is 6.21. The Morgan fingerprint density at radius 1 is 1.17 bits per heavy atom. The third-order valence-electron chi connectivity index (χ3n) is 2.87. The number of anilines is 1. The highest BCUT2D eigenvalue weighted by molar-refractivity contribution is 6.39. The van der Waals surface area contributed by atoms with Gasteiger partial charge in [-0.3, -0.25) is 9.59 Å². The molecule has 1 aromatic carbocycles. The molecule has 0 fully saturated rings. The molecule has 0 atom stereocenters. The maximum Gasteiger partial charge on any atom is 0.313 e. The Kier molecular flexibility index (Phi) is 5.36. The molecule has 0 spiro atoms. The maximum absolute atomic E-state index is 11.6. The molecule has 0 bridgehead atoms. The topological polar surface area (TPSA) is 58.2 Å². The Morgan fingerprint density at radius 2 is 1.89 bits per heavy atom. The fraction of sp³-hybridized carbons (Fsp3) is 0.429. The van der Waals surface area contributed by atoms with Gasteiger partial charge in [-0.05, 0) is 37.5 Å². The molecule has 0 heterocycles. The Morgan fingerprint density at radius 3 is 2.56 bits per heavy atom. The summed E-state index contributed by atoms with van der Waals surface area (Å²) < 4.78 is 0. The Hall–Kier alpha value is -1.84. The molecule has 0 aromatic heterocycles. The van der Waals surface area contributed by atoms with Crippen LogP contribution in [0.4, 0.5) is 5.69 Å². The Bertz CT molecular complexity index is 441. The number of unbranched alkanes of at least 4 members (excludes halogenated alkanes) is 1. The first kappa shape index (κ1) is 14.2. The molecule has 18 heavy (non-hydrogen) atoms. The van der Waals surface area contributed by atoms with Crippen molar-refractivity contribution < 1.29 is 9.59 Å². The van der Waals surface area contributed by atoms with Crippen LogP contribution in [0.1, 0.15) is 30.9 Å². The fourth-order valence-corrected chi connectivity index (χ4v) is 1.52. The van der Waals surface area contributed by atoms with Crippen molar-refractivity contribution in [2.75, 3.05) is 11.9 Å². The van der Waals surface area contributed by atoms with Crippen molar-refractivity contribution in [3.8, 4) is 0 Å². The molecular weight excluding hydrogens is 228 g/mol. The first-order chi connectivity index (χ1) is 8.56. The van der Waals surface area contributed by atoms with Gasteiger partial charge < -0.3 is 10.6 Å². The molecule has 98 valence electrons. The number of hydrogen-bond donors (Lipinski definition) is 2. The van der Waals surface area contributed by atoms with Gasteiger partial charge in [0.05, 0.1) is 0 Å². The van der Waals surface area contributed by atoms with Crippen LogP contribution in [0.3, 0.4) is 0 Å². The fourth-order valence-electron chi connectivity index (χ4n) is 1.52. The Labute approximate surface area is 108 Å². The smallest absolute Gasteiger partial charge is 0.313 e. The molecule has 0 saturated carbocycles. The van der Waals surface area contributed by atoms with E-state index in [1.165, 1.54) is 0 Å². The summed E-state index contributed by atoms with van der Waals surface area (Å²) in [4.78, 5) is 23.1. The molecule has 0 aliphatic carbocycles. The second-order valence-corrected chi connectivity index (χ2v) is 4.31. The van der Waals surface area contributed by atoms with Crippen molar-refractivity contribution in [3.63, 3.8) is 0 Å². The normalized spacial score (nSPS) is 9.94. The van der Waals surface area contributed by atoms with Gasteiger partial charge in [0, 0.05) is 12.2 Å². The predicted molar refractivity (Wildman–Crippen MR) is 72.5 cm³/mol. The van der Waals surface area contributed by atoms with E-state index in [1.54, 1.807) is 6.07 Å². The number of benzene rings is 1. The van der Waals surface area contributed by atoms with Crippen LogP contribution in [0.5, 0.6) is 0 Å². The van der Waals surface area contributed by atoms with Gasteiger partial charge in [-0.2, -0.15) is 0 Å². The van der Waals surface area contributed by atoms with Crippen molar-refractivity contribution in [2.24, 2.45) is 0 Å². The highest BCUT2D eigenvalue weighted by Crippen LogP contribution is 2.17. The average Bonchev–Trinajstić information content (AvgIpc) is 2.35. The van der Waals surface area contributed by atoms with E-state index < -0.39 is 11.8 Å². The van der Waals surface area contributed by atoms with Crippen LogP contribution < -0.4 is 10.6 Å². The quantitative estimate of drug-likeness (QED) is 0.633. The third-order valence-corrected chi connectivity index (χ3v) is 2.87. The van der Waals surface area contributed by atoms with Crippen LogP contribution >= 0.6 is 0 Å². The largest absolute Gasteiger partial charge is 0.348 e. The molecule has 1 rings (SSSR count). The van der Waals surface area contributed by atoms with E-state index in [0.29, 0.717) is 12.2 Å². The van der Waals surface area contributed by atoms with Gasteiger partial charge in [-0.15, -0.1) is 0 Å². The minimum Gasteiger partial charge on any atom is -0.348 e. The number of carbonyl (C=O) groups excluding carboxylic acids is 2. The minimum absolute atomic E-state index is 0.537. The van der Waals surface area contributed by atoms with Crippen molar-refractivity contribution in [1.29, 1.82) is 0 Å². The van der Waals surface area contributed by atoms with Crippen molar-refractivity contribution >= 4 is 17.5 Å². The van der Waals surface area contributed by atoms with Gasteiger partial charge in [-0.25, -0.2) is 0 Å².